The number of likely N-dealkylation sites (tertiary alicyclic amines) is 1. The van der Waals surface area contributed by atoms with Crippen LogP contribution in [0.15, 0.2) is 53.1 Å². The third-order valence-corrected chi connectivity index (χ3v) is 5.72. The van der Waals surface area contributed by atoms with Crippen molar-refractivity contribution in [3.63, 3.8) is 0 Å². The number of nitrogens with one attached hydrogen (secondary N) is 2. The number of amides is 2. The standard InChI is InChI=1S/C22H22BrN5O2/c1-14-4-9-20(24-12-14)25-21(29)16-3-2-10-28(13-16)22(30)19-11-18(26-27-19)15-5-7-17(23)8-6-15/h4-9,11-12,16H,2-3,10,13H2,1H3,(H,26,27)(H,24,25,29). The molecule has 4 rings (SSSR count). The van der Waals surface area contributed by atoms with E-state index in [1.54, 1.807) is 23.2 Å². The first kappa shape index (κ1) is 20.3. The van der Waals surface area contributed by atoms with Gasteiger partial charge in [-0.2, -0.15) is 5.10 Å². The summed E-state index contributed by atoms with van der Waals surface area (Å²) >= 11 is 3.41. The number of carbonyl (C=O) groups excluding carboxylic acids is 2. The second-order valence-corrected chi connectivity index (χ2v) is 8.39. The van der Waals surface area contributed by atoms with Crippen molar-refractivity contribution in [3.05, 3.63) is 64.4 Å². The van der Waals surface area contributed by atoms with Crippen molar-refractivity contribution in [2.45, 2.75) is 19.8 Å². The van der Waals surface area contributed by atoms with Crippen molar-refractivity contribution in [3.8, 4) is 11.3 Å². The van der Waals surface area contributed by atoms with Gasteiger partial charge in [0.2, 0.25) is 5.91 Å². The summed E-state index contributed by atoms with van der Waals surface area (Å²) in [6, 6.07) is 13.2. The molecule has 3 heterocycles. The molecule has 1 atom stereocenters. The van der Waals surface area contributed by atoms with Crippen LogP contribution in [0.1, 0.15) is 28.9 Å². The monoisotopic (exact) mass is 467 g/mol. The van der Waals surface area contributed by atoms with Crippen molar-refractivity contribution in [1.82, 2.24) is 20.1 Å². The van der Waals surface area contributed by atoms with E-state index in [2.05, 4.69) is 36.4 Å². The quantitative estimate of drug-likeness (QED) is 0.605. The first-order valence-electron chi connectivity index (χ1n) is 9.84. The molecule has 0 spiro atoms. The third kappa shape index (κ3) is 4.59. The number of aromatic amines is 1. The lowest BCUT2D eigenvalue weighted by molar-refractivity contribution is -0.121. The van der Waals surface area contributed by atoms with E-state index in [-0.39, 0.29) is 17.7 Å². The Morgan fingerprint density at radius 1 is 1.20 bits per heavy atom. The van der Waals surface area contributed by atoms with Crippen LogP contribution >= 0.6 is 15.9 Å². The summed E-state index contributed by atoms with van der Waals surface area (Å²) in [6.07, 6.45) is 3.24. The van der Waals surface area contributed by atoms with E-state index >= 15 is 0 Å². The van der Waals surface area contributed by atoms with Gasteiger partial charge in [0.05, 0.1) is 11.6 Å². The highest BCUT2D eigenvalue weighted by Crippen LogP contribution is 2.23. The van der Waals surface area contributed by atoms with Gasteiger partial charge in [-0.1, -0.05) is 34.1 Å². The minimum atomic E-state index is -0.264. The fourth-order valence-electron chi connectivity index (χ4n) is 3.52. The molecule has 1 aromatic carbocycles. The van der Waals surface area contributed by atoms with Crippen LogP contribution in [0.5, 0.6) is 0 Å². The Morgan fingerprint density at radius 2 is 2.00 bits per heavy atom. The van der Waals surface area contributed by atoms with Gasteiger partial charge in [0.1, 0.15) is 11.5 Å². The number of rotatable bonds is 4. The van der Waals surface area contributed by atoms with Crippen LogP contribution < -0.4 is 5.32 Å². The van der Waals surface area contributed by atoms with Crippen LogP contribution in [-0.4, -0.2) is 45.0 Å². The van der Waals surface area contributed by atoms with Gasteiger partial charge in [-0.15, -0.1) is 0 Å². The zero-order valence-electron chi connectivity index (χ0n) is 16.6. The second-order valence-electron chi connectivity index (χ2n) is 7.47. The maximum absolute atomic E-state index is 13.0. The van der Waals surface area contributed by atoms with E-state index < -0.39 is 0 Å². The molecule has 2 N–H and O–H groups in total. The topological polar surface area (TPSA) is 91.0 Å². The molecule has 0 aliphatic carbocycles. The Bertz CT molecular complexity index is 1050. The number of aromatic nitrogens is 3. The Kier molecular flexibility index (Phi) is 5.94. The molecule has 1 saturated heterocycles. The number of benzene rings is 1. The fraction of sp³-hybridized carbons (Fsp3) is 0.273. The predicted molar refractivity (Wildman–Crippen MR) is 118 cm³/mol. The van der Waals surface area contributed by atoms with Crippen LogP contribution in [0.25, 0.3) is 11.3 Å². The van der Waals surface area contributed by atoms with E-state index in [0.29, 0.717) is 30.3 Å². The van der Waals surface area contributed by atoms with Gasteiger partial charge < -0.3 is 10.2 Å². The number of piperidine rings is 1. The number of hydrogen-bond acceptors (Lipinski definition) is 4. The van der Waals surface area contributed by atoms with Crippen LogP contribution in [0, 0.1) is 12.8 Å². The second kappa shape index (κ2) is 8.79. The van der Waals surface area contributed by atoms with E-state index in [4.69, 9.17) is 0 Å². The third-order valence-electron chi connectivity index (χ3n) is 5.19. The number of anilines is 1. The zero-order chi connectivity index (χ0) is 21.1. The van der Waals surface area contributed by atoms with Gasteiger partial charge in [-0.25, -0.2) is 4.98 Å². The van der Waals surface area contributed by atoms with Gasteiger partial charge in [0, 0.05) is 29.3 Å². The number of nitrogens with zero attached hydrogens (tertiary/aromatic N) is 3. The number of H-pyrrole nitrogens is 1. The molecule has 2 aromatic heterocycles. The number of pyridine rings is 1. The summed E-state index contributed by atoms with van der Waals surface area (Å²) in [5.41, 5.74) is 3.09. The first-order valence-corrected chi connectivity index (χ1v) is 10.6. The van der Waals surface area contributed by atoms with Gasteiger partial charge in [0.15, 0.2) is 0 Å². The SMILES string of the molecule is Cc1ccc(NC(=O)C2CCCN(C(=O)c3cc(-c4ccc(Br)cc4)n[nH]3)C2)nc1. The Balaban J connectivity index is 1.41. The average molecular weight is 468 g/mol. The van der Waals surface area contributed by atoms with E-state index in [1.807, 2.05) is 37.3 Å². The maximum atomic E-state index is 13.0. The summed E-state index contributed by atoms with van der Waals surface area (Å²) in [4.78, 5) is 31.6. The van der Waals surface area contributed by atoms with Crippen molar-refractivity contribution in [2.24, 2.45) is 5.92 Å². The molecule has 1 unspecified atom stereocenters. The van der Waals surface area contributed by atoms with Gasteiger partial charge in [-0.05, 0) is 49.6 Å². The highest BCUT2D eigenvalue weighted by atomic mass is 79.9. The molecule has 30 heavy (non-hydrogen) atoms. The van der Waals surface area contributed by atoms with Crippen molar-refractivity contribution in [1.29, 1.82) is 0 Å². The van der Waals surface area contributed by atoms with E-state index in [0.717, 1.165) is 28.4 Å². The molecule has 0 saturated carbocycles. The highest BCUT2D eigenvalue weighted by Gasteiger charge is 2.30. The Morgan fingerprint density at radius 3 is 2.73 bits per heavy atom. The van der Waals surface area contributed by atoms with Crippen LogP contribution in [0.3, 0.4) is 0 Å². The molecule has 0 bridgehead atoms. The van der Waals surface area contributed by atoms with E-state index in [9.17, 15) is 9.59 Å². The van der Waals surface area contributed by atoms with Crippen molar-refractivity contribution in [2.75, 3.05) is 18.4 Å². The summed E-state index contributed by atoms with van der Waals surface area (Å²) in [5, 5.41) is 9.97. The van der Waals surface area contributed by atoms with E-state index in [1.165, 1.54) is 0 Å². The Hall–Kier alpha value is -3.00. The number of carbonyl (C=O) groups is 2. The highest BCUT2D eigenvalue weighted by molar-refractivity contribution is 9.10. The molecular formula is C22H22BrN5O2. The van der Waals surface area contributed by atoms with Gasteiger partial charge in [-0.3, -0.25) is 14.7 Å². The summed E-state index contributed by atoms with van der Waals surface area (Å²) in [6.45, 7) is 2.95. The Labute approximate surface area is 183 Å². The summed E-state index contributed by atoms with van der Waals surface area (Å²) in [5.74, 6) is 0.0160. The lowest BCUT2D eigenvalue weighted by Crippen LogP contribution is -2.44. The van der Waals surface area contributed by atoms with Crippen molar-refractivity contribution >= 4 is 33.6 Å². The number of aryl methyl sites for hydroxylation is 1. The predicted octanol–water partition coefficient (Wildman–Crippen LogP) is 4.03. The fourth-order valence-corrected chi connectivity index (χ4v) is 3.78. The molecule has 2 amide bonds. The zero-order valence-corrected chi connectivity index (χ0v) is 18.1. The molecule has 154 valence electrons. The molecule has 0 radical (unpaired) electrons. The molecule has 1 aliphatic heterocycles. The minimum Gasteiger partial charge on any atom is -0.337 e. The van der Waals surface area contributed by atoms with Gasteiger partial charge in [0.25, 0.3) is 5.91 Å². The molecule has 7 nitrogen and oxygen atoms in total. The molecular weight excluding hydrogens is 446 g/mol. The largest absolute Gasteiger partial charge is 0.337 e. The van der Waals surface area contributed by atoms with Crippen LogP contribution in [0.2, 0.25) is 0 Å². The smallest absolute Gasteiger partial charge is 0.271 e. The minimum absolute atomic E-state index is 0.107. The van der Waals surface area contributed by atoms with Gasteiger partial charge >= 0.3 is 0 Å². The normalized spacial score (nSPS) is 16.3. The number of hydrogen-bond donors (Lipinski definition) is 2. The lowest BCUT2D eigenvalue weighted by Gasteiger charge is -2.31. The first-order chi connectivity index (χ1) is 14.5. The molecule has 3 aromatic rings. The molecule has 1 fully saturated rings. The summed E-state index contributed by atoms with van der Waals surface area (Å²) < 4.78 is 0.983. The van der Waals surface area contributed by atoms with Crippen molar-refractivity contribution < 1.29 is 9.59 Å². The van der Waals surface area contributed by atoms with Crippen LogP contribution in [0.4, 0.5) is 5.82 Å². The lowest BCUT2D eigenvalue weighted by atomic mass is 9.97. The van der Waals surface area contributed by atoms with Crippen LogP contribution in [-0.2, 0) is 4.79 Å². The molecule has 1 aliphatic rings. The number of halogens is 1. The molecule has 8 heteroatoms. The summed E-state index contributed by atoms with van der Waals surface area (Å²) in [7, 11) is 0. The maximum Gasteiger partial charge on any atom is 0.271 e. The average Bonchev–Trinajstić information content (AvgIpc) is 3.25.